The summed E-state index contributed by atoms with van der Waals surface area (Å²) in [5.41, 5.74) is 2.51. The molecule has 0 aromatic heterocycles. The number of hydrogen-bond donors (Lipinski definition) is 0. The first kappa shape index (κ1) is 15.5. The average Bonchev–Trinajstić information content (AvgIpc) is 3.16. The van der Waals surface area contributed by atoms with E-state index < -0.39 is 0 Å². The lowest BCUT2D eigenvalue weighted by Gasteiger charge is -2.51. The predicted octanol–water partition coefficient (Wildman–Crippen LogP) is 3.63. The Balaban J connectivity index is 1.78. The summed E-state index contributed by atoms with van der Waals surface area (Å²) >= 11 is 6.14. The van der Waals surface area contributed by atoms with Crippen LogP contribution in [-0.4, -0.2) is 41.6 Å². The second-order valence-corrected chi connectivity index (χ2v) is 7.71. The SMILES string of the molecule is Cc1ccc(C(=S)C2(N3CCOCC3)C3C=CC(C3)C2C)cc1. The molecule has 0 spiro atoms. The first-order valence-corrected chi connectivity index (χ1v) is 9.17. The molecule has 0 amide bonds. The fourth-order valence-electron chi connectivity index (χ4n) is 5.00. The van der Waals surface area contributed by atoms with E-state index in [2.05, 4.69) is 55.2 Å². The van der Waals surface area contributed by atoms with E-state index in [0.717, 1.165) is 31.2 Å². The highest BCUT2D eigenvalue weighted by Crippen LogP contribution is 2.55. The number of thiocarbonyl (C=S) groups is 1. The molecule has 1 aromatic rings. The molecule has 122 valence electrons. The average molecular weight is 327 g/mol. The van der Waals surface area contributed by atoms with Gasteiger partial charge in [-0.3, -0.25) is 4.90 Å². The molecule has 0 N–H and O–H groups in total. The van der Waals surface area contributed by atoms with Crippen LogP contribution >= 0.6 is 12.2 Å². The van der Waals surface area contributed by atoms with Gasteiger partial charge < -0.3 is 4.74 Å². The summed E-state index contributed by atoms with van der Waals surface area (Å²) in [4.78, 5) is 3.78. The largest absolute Gasteiger partial charge is 0.379 e. The van der Waals surface area contributed by atoms with Crippen molar-refractivity contribution in [2.75, 3.05) is 26.3 Å². The van der Waals surface area contributed by atoms with Gasteiger partial charge in [0, 0.05) is 23.9 Å². The van der Waals surface area contributed by atoms with Crippen LogP contribution in [-0.2, 0) is 4.74 Å². The monoisotopic (exact) mass is 327 g/mol. The minimum absolute atomic E-state index is 0.00616. The highest BCUT2D eigenvalue weighted by Gasteiger charge is 2.59. The van der Waals surface area contributed by atoms with Crippen molar-refractivity contribution in [1.82, 2.24) is 4.90 Å². The first-order valence-electron chi connectivity index (χ1n) is 8.76. The normalized spacial score (nSPS) is 36.5. The van der Waals surface area contributed by atoms with Crippen LogP contribution < -0.4 is 0 Å². The van der Waals surface area contributed by atoms with E-state index in [9.17, 15) is 0 Å². The molecule has 23 heavy (non-hydrogen) atoms. The van der Waals surface area contributed by atoms with Crippen LogP contribution in [0.25, 0.3) is 0 Å². The Hall–Kier alpha value is -1.03. The maximum Gasteiger partial charge on any atom is 0.0664 e. The fourth-order valence-corrected chi connectivity index (χ4v) is 5.60. The third-order valence-electron chi connectivity index (χ3n) is 6.23. The molecular weight excluding hydrogens is 302 g/mol. The molecule has 2 bridgehead atoms. The zero-order valence-corrected chi connectivity index (χ0v) is 14.8. The summed E-state index contributed by atoms with van der Waals surface area (Å²) in [6, 6.07) is 8.79. The number of nitrogens with zero attached hydrogens (tertiary/aromatic N) is 1. The van der Waals surface area contributed by atoms with E-state index >= 15 is 0 Å². The van der Waals surface area contributed by atoms with E-state index in [1.807, 2.05) is 0 Å². The van der Waals surface area contributed by atoms with Crippen molar-refractivity contribution in [3.8, 4) is 0 Å². The predicted molar refractivity (Wildman–Crippen MR) is 97.9 cm³/mol. The standard InChI is InChI=1S/C20H25NOS/c1-14-3-5-16(6-4-14)19(23)20(21-9-11-22-12-10-21)15(2)17-7-8-18(20)13-17/h3-8,15,17-18H,9-13H2,1-2H3. The van der Waals surface area contributed by atoms with Gasteiger partial charge in [0.1, 0.15) is 0 Å². The Morgan fingerprint density at radius 1 is 1.17 bits per heavy atom. The van der Waals surface area contributed by atoms with Crippen molar-refractivity contribution >= 4 is 17.1 Å². The van der Waals surface area contributed by atoms with Crippen molar-refractivity contribution in [2.24, 2.45) is 17.8 Å². The minimum atomic E-state index is -0.00616. The topological polar surface area (TPSA) is 12.5 Å². The van der Waals surface area contributed by atoms with Gasteiger partial charge in [-0.2, -0.15) is 0 Å². The van der Waals surface area contributed by atoms with E-state index in [4.69, 9.17) is 17.0 Å². The van der Waals surface area contributed by atoms with Gasteiger partial charge in [0.2, 0.25) is 0 Å². The van der Waals surface area contributed by atoms with Gasteiger partial charge in [0.05, 0.1) is 18.8 Å². The van der Waals surface area contributed by atoms with Crippen molar-refractivity contribution in [3.63, 3.8) is 0 Å². The molecule has 2 aliphatic carbocycles. The second kappa shape index (κ2) is 5.80. The first-order chi connectivity index (χ1) is 11.1. The molecule has 1 aliphatic heterocycles. The van der Waals surface area contributed by atoms with Crippen LogP contribution in [0.1, 0.15) is 24.5 Å². The molecule has 1 aromatic carbocycles. The Morgan fingerprint density at radius 2 is 1.87 bits per heavy atom. The molecule has 4 unspecified atom stereocenters. The number of hydrogen-bond acceptors (Lipinski definition) is 3. The number of ether oxygens (including phenoxy) is 1. The van der Waals surface area contributed by atoms with E-state index in [1.165, 1.54) is 17.5 Å². The Kier molecular flexibility index (Phi) is 3.91. The molecule has 1 heterocycles. The summed E-state index contributed by atoms with van der Waals surface area (Å²) < 4.78 is 5.62. The smallest absolute Gasteiger partial charge is 0.0664 e. The second-order valence-electron chi connectivity index (χ2n) is 7.30. The zero-order chi connectivity index (χ0) is 16.0. The number of allylic oxidation sites excluding steroid dienone is 1. The van der Waals surface area contributed by atoms with Gasteiger partial charge in [-0.15, -0.1) is 0 Å². The molecule has 2 fully saturated rings. The van der Waals surface area contributed by atoms with Crippen LogP contribution in [0.4, 0.5) is 0 Å². The van der Waals surface area contributed by atoms with Gasteiger partial charge in [-0.25, -0.2) is 0 Å². The molecule has 4 rings (SSSR count). The lowest BCUT2D eigenvalue weighted by atomic mass is 9.71. The maximum atomic E-state index is 6.14. The van der Waals surface area contributed by atoms with Crippen molar-refractivity contribution < 1.29 is 4.74 Å². The van der Waals surface area contributed by atoms with Crippen LogP contribution in [0, 0.1) is 24.7 Å². The summed E-state index contributed by atoms with van der Waals surface area (Å²) in [5.74, 6) is 1.80. The van der Waals surface area contributed by atoms with Crippen molar-refractivity contribution in [3.05, 3.63) is 47.5 Å². The molecule has 1 saturated heterocycles. The van der Waals surface area contributed by atoms with Crippen LogP contribution in [0.15, 0.2) is 36.4 Å². The maximum absolute atomic E-state index is 6.14. The minimum Gasteiger partial charge on any atom is -0.379 e. The van der Waals surface area contributed by atoms with Crippen molar-refractivity contribution in [1.29, 1.82) is 0 Å². The molecule has 0 radical (unpaired) electrons. The van der Waals surface area contributed by atoms with Gasteiger partial charge in [-0.05, 0) is 30.7 Å². The summed E-state index contributed by atoms with van der Waals surface area (Å²) in [6.07, 6.45) is 6.11. The quantitative estimate of drug-likeness (QED) is 0.478. The number of fused-ring (bicyclic) bond motifs is 2. The van der Waals surface area contributed by atoms with Gasteiger partial charge in [-0.1, -0.05) is 61.1 Å². The number of aryl methyl sites for hydroxylation is 1. The fraction of sp³-hybridized carbons (Fsp3) is 0.550. The van der Waals surface area contributed by atoms with E-state index in [0.29, 0.717) is 17.8 Å². The zero-order valence-electron chi connectivity index (χ0n) is 14.0. The number of benzene rings is 1. The summed E-state index contributed by atoms with van der Waals surface area (Å²) in [5, 5.41) is 0. The molecule has 2 nitrogen and oxygen atoms in total. The van der Waals surface area contributed by atoms with Crippen LogP contribution in [0.3, 0.4) is 0 Å². The third-order valence-corrected chi connectivity index (χ3v) is 6.79. The highest BCUT2D eigenvalue weighted by molar-refractivity contribution is 7.81. The Morgan fingerprint density at radius 3 is 2.48 bits per heavy atom. The van der Waals surface area contributed by atoms with E-state index in [-0.39, 0.29) is 5.54 Å². The molecule has 4 atom stereocenters. The molecular formula is C20H25NOS. The lowest BCUT2D eigenvalue weighted by molar-refractivity contribution is -0.0196. The van der Waals surface area contributed by atoms with Gasteiger partial charge in [0.25, 0.3) is 0 Å². The molecule has 3 aliphatic rings. The van der Waals surface area contributed by atoms with Gasteiger partial charge >= 0.3 is 0 Å². The van der Waals surface area contributed by atoms with Crippen molar-refractivity contribution in [2.45, 2.75) is 25.8 Å². The number of rotatable bonds is 3. The van der Waals surface area contributed by atoms with Crippen LogP contribution in [0.2, 0.25) is 0 Å². The van der Waals surface area contributed by atoms with Gasteiger partial charge in [0.15, 0.2) is 0 Å². The lowest BCUT2D eigenvalue weighted by Crippen LogP contribution is -2.63. The summed E-state index contributed by atoms with van der Waals surface area (Å²) in [7, 11) is 0. The molecule has 3 heteroatoms. The third kappa shape index (κ3) is 2.25. The Labute approximate surface area is 144 Å². The Bertz CT molecular complexity index is 632. The molecule has 1 saturated carbocycles. The summed E-state index contributed by atoms with van der Waals surface area (Å²) in [6.45, 7) is 8.18. The van der Waals surface area contributed by atoms with E-state index in [1.54, 1.807) is 0 Å². The highest BCUT2D eigenvalue weighted by atomic mass is 32.1. The number of morpholine rings is 1. The van der Waals surface area contributed by atoms with Crippen LogP contribution in [0.5, 0.6) is 0 Å².